The minimum atomic E-state index is -1.20. The van der Waals surface area contributed by atoms with Crippen LogP contribution in [-0.4, -0.2) is 14.9 Å². The van der Waals surface area contributed by atoms with Crippen LogP contribution in [0.1, 0.15) is 51.9 Å². The highest BCUT2D eigenvalue weighted by Gasteiger charge is 2.30. The molecule has 1 rings (SSSR count). The molecule has 0 N–H and O–H groups in total. The molecule has 1 fully saturated rings. The standard InChI is InChI=1S/C12H26OSi/c1-3-4-5-6-8-11-14(2)12-9-7-10-13-14/h3-12H2,1-2H3. The molecule has 1 nitrogen and oxygen atoms in total. The van der Waals surface area contributed by atoms with E-state index in [1.165, 1.54) is 57.0 Å². The van der Waals surface area contributed by atoms with E-state index >= 15 is 0 Å². The molecule has 0 aromatic carbocycles. The number of rotatable bonds is 6. The largest absolute Gasteiger partial charge is 0.417 e. The maximum Gasteiger partial charge on any atom is 0.189 e. The minimum absolute atomic E-state index is 1.05. The van der Waals surface area contributed by atoms with Crippen molar-refractivity contribution in [3.8, 4) is 0 Å². The van der Waals surface area contributed by atoms with Gasteiger partial charge >= 0.3 is 0 Å². The van der Waals surface area contributed by atoms with E-state index in [0.29, 0.717) is 0 Å². The van der Waals surface area contributed by atoms with Crippen molar-refractivity contribution in [3.63, 3.8) is 0 Å². The number of hydrogen-bond acceptors (Lipinski definition) is 1. The van der Waals surface area contributed by atoms with Gasteiger partial charge < -0.3 is 4.43 Å². The molecule has 14 heavy (non-hydrogen) atoms. The Bertz CT molecular complexity index is 141. The molecule has 0 aliphatic carbocycles. The fourth-order valence-corrected chi connectivity index (χ4v) is 5.46. The summed E-state index contributed by atoms with van der Waals surface area (Å²) in [7, 11) is -1.20. The van der Waals surface area contributed by atoms with Crippen molar-refractivity contribution in [2.24, 2.45) is 0 Å². The second kappa shape index (κ2) is 6.62. The lowest BCUT2D eigenvalue weighted by molar-refractivity contribution is 0.269. The second-order valence-corrected chi connectivity index (χ2v) is 9.11. The normalized spacial score (nSPS) is 27.9. The van der Waals surface area contributed by atoms with Gasteiger partial charge in [0.25, 0.3) is 0 Å². The summed E-state index contributed by atoms with van der Waals surface area (Å²) >= 11 is 0. The van der Waals surface area contributed by atoms with E-state index in [1.54, 1.807) is 0 Å². The van der Waals surface area contributed by atoms with Crippen LogP contribution in [0, 0.1) is 0 Å². The zero-order valence-corrected chi connectivity index (χ0v) is 11.0. The van der Waals surface area contributed by atoms with Crippen molar-refractivity contribution in [1.29, 1.82) is 0 Å². The molecule has 1 aliphatic rings. The molecule has 0 radical (unpaired) electrons. The first-order chi connectivity index (χ1) is 6.77. The van der Waals surface area contributed by atoms with Gasteiger partial charge in [-0.2, -0.15) is 0 Å². The lowest BCUT2D eigenvalue weighted by Crippen LogP contribution is -2.37. The Kier molecular flexibility index (Phi) is 5.79. The third kappa shape index (κ3) is 4.60. The molecule has 0 spiro atoms. The molecule has 1 heterocycles. The molecule has 0 aromatic heterocycles. The summed E-state index contributed by atoms with van der Waals surface area (Å²) in [4.78, 5) is 0. The molecule has 1 atom stereocenters. The summed E-state index contributed by atoms with van der Waals surface area (Å²) in [5.41, 5.74) is 0. The van der Waals surface area contributed by atoms with Gasteiger partial charge in [0.15, 0.2) is 8.32 Å². The quantitative estimate of drug-likeness (QED) is 0.472. The third-order valence-corrected chi connectivity index (χ3v) is 7.08. The van der Waals surface area contributed by atoms with Crippen molar-refractivity contribution < 1.29 is 4.43 Å². The highest BCUT2D eigenvalue weighted by Crippen LogP contribution is 2.27. The van der Waals surface area contributed by atoms with Gasteiger partial charge in [-0.05, 0) is 25.1 Å². The van der Waals surface area contributed by atoms with Crippen LogP contribution in [0.4, 0.5) is 0 Å². The van der Waals surface area contributed by atoms with E-state index in [-0.39, 0.29) is 0 Å². The van der Waals surface area contributed by atoms with Crippen LogP contribution in [0.3, 0.4) is 0 Å². The average Bonchev–Trinajstić information content (AvgIpc) is 2.18. The Morgan fingerprint density at radius 2 is 1.86 bits per heavy atom. The molecule has 0 aromatic rings. The minimum Gasteiger partial charge on any atom is -0.417 e. The van der Waals surface area contributed by atoms with Crippen molar-refractivity contribution in [2.75, 3.05) is 6.61 Å². The Balaban J connectivity index is 2.03. The molecular formula is C12H26OSi. The lowest BCUT2D eigenvalue weighted by Gasteiger charge is -2.31. The Morgan fingerprint density at radius 3 is 2.50 bits per heavy atom. The van der Waals surface area contributed by atoms with Crippen LogP contribution in [0.25, 0.3) is 0 Å². The van der Waals surface area contributed by atoms with Gasteiger partial charge in [-0.3, -0.25) is 0 Å². The van der Waals surface area contributed by atoms with Crippen LogP contribution in [0.15, 0.2) is 0 Å². The summed E-state index contributed by atoms with van der Waals surface area (Å²) in [6, 6.07) is 2.83. The van der Waals surface area contributed by atoms with Gasteiger partial charge in [0.2, 0.25) is 0 Å². The summed E-state index contributed by atoms with van der Waals surface area (Å²) in [6.07, 6.45) is 9.78. The van der Waals surface area contributed by atoms with Crippen LogP contribution in [0.2, 0.25) is 18.6 Å². The molecule has 1 saturated heterocycles. The van der Waals surface area contributed by atoms with Crippen LogP contribution in [0.5, 0.6) is 0 Å². The molecule has 0 amide bonds. The second-order valence-electron chi connectivity index (χ2n) is 4.92. The smallest absolute Gasteiger partial charge is 0.189 e. The first-order valence-corrected chi connectivity index (χ1v) is 9.23. The van der Waals surface area contributed by atoms with Gasteiger partial charge in [0.05, 0.1) is 0 Å². The van der Waals surface area contributed by atoms with Gasteiger partial charge in [0.1, 0.15) is 0 Å². The summed E-state index contributed by atoms with van der Waals surface area (Å²) < 4.78 is 6.01. The van der Waals surface area contributed by atoms with Crippen molar-refractivity contribution in [2.45, 2.75) is 70.5 Å². The van der Waals surface area contributed by atoms with E-state index < -0.39 is 8.32 Å². The van der Waals surface area contributed by atoms with Crippen LogP contribution in [-0.2, 0) is 4.43 Å². The monoisotopic (exact) mass is 214 g/mol. The van der Waals surface area contributed by atoms with E-state index in [0.717, 1.165) is 6.61 Å². The van der Waals surface area contributed by atoms with Gasteiger partial charge in [-0.15, -0.1) is 0 Å². The molecule has 0 saturated carbocycles. The van der Waals surface area contributed by atoms with Crippen LogP contribution >= 0.6 is 0 Å². The maximum atomic E-state index is 6.01. The van der Waals surface area contributed by atoms with E-state index in [4.69, 9.17) is 4.43 Å². The van der Waals surface area contributed by atoms with Gasteiger partial charge in [-0.25, -0.2) is 0 Å². The van der Waals surface area contributed by atoms with Crippen molar-refractivity contribution >= 4 is 8.32 Å². The van der Waals surface area contributed by atoms with E-state index in [1.807, 2.05) is 0 Å². The van der Waals surface area contributed by atoms with Crippen LogP contribution < -0.4 is 0 Å². The zero-order chi connectivity index (χ0) is 10.3. The highest BCUT2D eigenvalue weighted by atomic mass is 28.4. The molecule has 1 unspecified atom stereocenters. The Hall–Kier alpha value is 0.177. The van der Waals surface area contributed by atoms with E-state index in [2.05, 4.69) is 13.5 Å². The molecule has 0 bridgehead atoms. The fourth-order valence-electron chi connectivity index (χ4n) is 2.29. The number of unbranched alkanes of at least 4 members (excludes halogenated alkanes) is 4. The lowest BCUT2D eigenvalue weighted by atomic mass is 10.2. The van der Waals surface area contributed by atoms with Crippen molar-refractivity contribution in [1.82, 2.24) is 0 Å². The molecule has 2 heteroatoms. The highest BCUT2D eigenvalue weighted by molar-refractivity contribution is 6.72. The molecule has 1 aliphatic heterocycles. The Morgan fingerprint density at radius 1 is 1.07 bits per heavy atom. The predicted molar refractivity (Wildman–Crippen MR) is 65.2 cm³/mol. The summed E-state index contributed by atoms with van der Waals surface area (Å²) in [6.45, 7) is 5.77. The average molecular weight is 214 g/mol. The first kappa shape index (κ1) is 12.2. The Labute approximate surface area is 90.4 Å². The van der Waals surface area contributed by atoms with Crippen molar-refractivity contribution in [3.05, 3.63) is 0 Å². The fraction of sp³-hybridized carbons (Fsp3) is 1.00. The third-order valence-electron chi connectivity index (χ3n) is 3.36. The summed E-state index contributed by atoms with van der Waals surface area (Å²) in [5, 5.41) is 0. The zero-order valence-electron chi connectivity index (χ0n) is 9.98. The maximum absolute atomic E-state index is 6.01. The van der Waals surface area contributed by atoms with Gasteiger partial charge in [-0.1, -0.05) is 45.4 Å². The topological polar surface area (TPSA) is 9.23 Å². The predicted octanol–water partition coefficient (Wildman–Crippen LogP) is 4.34. The SMILES string of the molecule is CCCCCCC[Si]1(C)CCCCO1. The summed E-state index contributed by atoms with van der Waals surface area (Å²) in [5.74, 6) is 0. The molecular weight excluding hydrogens is 188 g/mol. The van der Waals surface area contributed by atoms with Gasteiger partial charge in [0, 0.05) is 6.61 Å². The van der Waals surface area contributed by atoms with E-state index in [9.17, 15) is 0 Å². The molecule has 84 valence electrons. The first-order valence-electron chi connectivity index (χ1n) is 6.41. The number of hydrogen-bond donors (Lipinski definition) is 0.